The normalized spacial score (nSPS) is 15.1. The van der Waals surface area contributed by atoms with Gasteiger partial charge in [-0.15, -0.1) is 0 Å². The molecular weight excluding hydrogens is 335 g/mol. The van der Waals surface area contributed by atoms with Gasteiger partial charge >= 0.3 is 0 Å². The minimum atomic E-state index is -0.920. The number of rotatable bonds is 3. The highest BCUT2D eigenvalue weighted by Crippen LogP contribution is 2.42. The third-order valence-electron chi connectivity index (χ3n) is 3.34. The molecule has 0 saturated carbocycles. The van der Waals surface area contributed by atoms with Gasteiger partial charge in [0.15, 0.2) is 0 Å². The Morgan fingerprint density at radius 2 is 1.17 bits per heavy atom. The molecule has 0 heterocycles. The Morgan fingerprint density at radius 1 is 0.778 bits per heavy atom. The lowest BCUT2D eigenvalue weighted by molar-refractivity contribution is 0.369. The summed E-state index contributed by atoms with van der Waals surface area (Å²) >= 11 is 2.34. The van der Waals surface area contributed by atoms with Crippen molar-refractivity contribution in [3.8, 4) is 0 Å². The molecule has 3 heteroatoms. The van der Waals surface area contributed by atoms with Gasteiger partial charge in [-0.05, 0) is 18.1 Å². The molecule has 1 atom stereocenters. The summed E-state index contributed by atoms with van der Waals surface area (Å²) < 4.78 is -0.382. The standard InChI is InChI=1S/C15H17IN2/c1-14(16,12-8-4-2-5-9-12)15(17,18)13-10-6-3-7-11-13/h2-11H,17-18H2,1H3. The van der Waals surface area contributed by atoms with Crippen LogP contribution in [0.25, 0.3) is 0 Å². The number of nitrogens with two attached hydrogens (primary N) is 2. The van der Waals surface area contributed by atoms with Crippen molar-refractivity contribution in [3.63, 3.8) is 0 Å². The van der Waals surface area contributed by atoms with Crippen LogP contribution in [-0.2, 0) is 9.08 Å². The van der Waals surface area contributed by atoms with E-state index in [9.17, 15) is 0 Å². The van der Waals surface area contributed by atoms with E-state index in [1.807, 2.05) is 48.5 Å². The van der Waals surface area contributed by atoms with E-state index in [0.717, 1.165) is 11.1 Å². The summed E-state index contributed by atoms with van der Waals surface area (Å²) in [4.78, 5) is 0. The van der Waals surface area contributed by atoms with Crippen LogP contribution in [0.2, 0.25) is 0 Å². The quantitative estimate of drug-likeness (QED) is 0.507. The van der Waals surface area contributed by atoms with Gasteiger partial charge in [0.2, 0.25) is 0 Å². The van der Waals surface area contributed by atoms with Gasteiger partial charge in [-0.3, -0.25) is 0 Å². The number of hydrogen-bond donors (Lipinski definition) is 2. The largest absolute Gasteiger partial charge is 0.308 e. The molecule has 0 aliphatic heterocycles. The van der Waals surface area contributed by atoms with Crippen molar-refractivity contribution >= 4 is 22.6 Å². The molecule has 1 unspecified atom stereocenters. The Hall–Kier alpha value is -0.910. The van der Waals surface area contributed by atoms with E-state index in [1.54, 1.807) is 0 Å². The summed E-state index contributed by atoms with van der Waals surface area (Å²) in [6, 6.07) is 20.0. The maximum Gasteiger partial charge on any atom is 0.109 e. The topological polar surface area (TPSA) is 52.0 Å². The molecule has 2 aromatic carbocycles. The third-order valence-corrected chi connectivity index (χ3v) is 4.86. The zero-order valence-electron chi connectivity index (χ0n) is 10.3. The molecule has 0 radical (unpaired) electrons. The lowest BCUT2D eigenvalue weighted by atomic mass is 9.83. The molecule has 94 valence electrons. The third kappa shape index (κ3) is 2.30. The van der Waals surface area contributed by atoms with Crippen LogP contribution in [0.1, 0.15) is 18.1 Å². The molecular formula is C15H17IN2. The van der Waals surface area contributed by atoms with E-state index in [2.05, 4.69) is 41.6 Å². The molecule has 0 aliphatic carbocycles. The van der Waals surface area contributed by atoms with Crippen molar-refractivity contribution in [3.05, 3.63) is 71.8 Å². The van der Waals surface area contributed by atoms with Crippen LogP contribution in [0.3, 0.4) is 0 Å². The van der Waals surface area contributed by atoms with E-state index >= 15 is 0 Å². The highest BCUT2D eigenvalue weighted by molar-refractivity contribution is 14.1. The van der Waals surface area contributed by atoms with Crippen LogP contribution >= 0.6 is 22.6 Å². The zero-order valence-corrected chi connectivity index (χ0v) is 12.5. The average molecular weight is 352 g/mol. The van der Waals surface area contributed by atoms with Crippen LogP contribution in [0.5, 0.6) is 0 Å². The molecule has 0 aliphatic rings. The van der Waals surface area contributed by atoms with Gasteiger partial charge < -0.3 is 11.5 Å². The fourth-order valence-electron chi connectivity index (χ4n) is 1.97. The second-order valence-corrected chi connectivity index (χ2v) is 6.76. The first-order valence-corrected chi connectivity index (χ1v) is 6.92. The average Bonchev–Trinajstić information content (AvgIpc) is 2.40. The summed E-state index contributed by atoms with van der Waals surface area (Å²) in [6.45, 7) is 2.07. The predicted octanol–water partition coefficient (Wildman–Crippen LogP) is 3.11. The first-order valence-electron chi connectivity index (χ1n) is 5.84. The Labute approximate surface area is 122 Å². The summed E-state index contributed by atoms with van der Waals surface area (Å²) in [6.07, 6.45) is 0. The zero-order chi connectivity index (χ0) is 13.2. The van der Waals surface area contributed by atoms with E-state index < -0.39 is 5.66 Å². The van der Waals surface area contributed by atoms with Crippen LogP contribution in [-0.4, -0.2) is 0 Å². The molecule has 2 nitrogen and oxygen atoms in total. The Morgan fingerprint density at radius 3 is 1.61 bits per heavy atom. The van der Waals surface area contributed by atoms with Crippen LogP contribution in [0.15, 0.2) is 60.7 Å². The maximum absolute atomic E-state index is 6.42. The fraction of sp³-hybridized carbons (Fsp3) is 0.200. The lowest BCUT2D eigenvalue weighted by Crippen LogP contribution is -2.58. The van der Waals surface area contributed by atoms with Gasteiger partial charge in [-0.2, -0.15) is 0 Å². The smallest absolute Gasteiger partial charge is 0.109 e. The van der Waals surface area contributed by atoms with Gasteiger partial charge in [0, 0.05) is 0 Å². The highest BCUT2D eigenvalue weighted by atomic mass is 127. The number of halogens is 1. The van der Waals surface area contributed by atoms with Crippen molar-refractivity contribution < 1.29 is 0 Å². The van der Waals surface area contributed by atoms with Gasteiger partial charge in [0.25, 0.3) is 0 Å². The summed E-state index contributed by atoms with van der Waals surface area (Å²) in [5.41, 5.74) is 14.0. The molecule has 0 fully saturated rings. The SMILES string of the molecule is CC(I)(c1ccccc1)C(N)(N)c1ccccc1. The second-order valence-electron chi connectivity index (χ2n) is 4.60. The molecule has 0 aromatic heterocycles. The molecule has 18 heavy (non-hydrogen) atoms. The van der Waals surface area contributed by atoms with E-state index in [1.165, 1.54) is 0 Å². The molecule has 2 rings (SSSR count). The van der Waals surface area contributed by atoms with Gasteiger partial charge in [0.05, 0.1) is 3.42 Å². The first-order chi connectivity index (χ1) is 8.46. The molecule has 0 saturated heterocycles. The summed E-state index contributed by atoms with van der Waals surface area (Å²) in [5.74, 6) is 0. The molecule has 0 amide bonds. The lowest BCUT2D eigenvalue weighted by Gasteiger charge is -2.40. The van der Waals surface area contributed by atoms with Crippen molar-refractivity contribution in [2.45, 2.75) is 16.0 Å². The van der Waals surface area contributed by atoms with Gasteiger partial charge in [-0.25, -0.2) is 0 Å². The van der Waals surface area contributed by atoms with E-state index in [-0.39, 0.29) is 3.42 Å². The van der Waals surface area contributed by atoms with E-state index in [4.69, 9.17) is 11.5 Å². The van der Waals surface area contributed by atoms with Gasteiger partial charge in [-0.1, -0.05) is 83.3 Å². The molecule has 0 bridgehead atoms. The van der Waals surface area contributed by atoms with Crippen LogP contribution in [0, 0.1) is 0 Å². The van der Waals surface area contributed by atoms with Crippen LogP contribution < -0.4 is 11.5 Å². The van der Waals surface area contributed by atoms with Crippen molar-refractivity contribution in [2.75, 3.05) is 0 Å². The van der Waals surface area contributed by atoms with Crippen molar-refractivity contribution in [2.24, 2.45) is 11.5 Å². The maximum atomic E-state index is 6.42. The monoisotopic (exact) mass is 352 g/mol. The Kier molecular flexibility index (Phi) is 3.75. The second kappa shape index (κ2) is 4.99. The van der Waals surface area contributed by atoms with Crippen LogP contribution in [0.4, 0.5) is 0 Å². The van der Waals surface area contributed by atoms with Gasteiger partial charge in [0.1, 0.15) is 5.66 Å². The number of benzene rings is 2. The number of hydrogen-bond acceptors (Lipinski definition) is 2. The molecule has 4 N–H and O–H groups in total. The highest BCUT2D eigenvalue weighted by Gasteiger charge is 2.42. The minimum Gasteiger partial charge on any atom is -0.308 e. The summed E-state index contributed by atoms with van der Waals surface area (Å²) in [7, 11) is 0. The minimum absolute atomic E-state index is 0.382. The first kappa shape index (κ1) is 13.5. The fourth-order valence-corrected chi connectivity index (χ4v) is 2.65. The Balaban J connectivity index is 2.47. The predicted molar refractivity (Wildman–Crippen MR) is 84.3 cm³/mol. The molecule has 2 aromatic rings. The Bertz CT molecular complexity index is 457. The summed E-state index contributed by atoms with van der Waals surface area (Å²) in [5, 5.41) is 0. The molecule has 0 spiro atoms. The van der Waals surface area contributed by atoms with Crippen molar-refractivity contribution in [1.82, 2.24) is 0 Å². The number of alkyl halides is 1. The van der Waals surface area contributed by atoms with Crippen molar-refractivity contribution in [1.29, 1.82) is 0 Å². The van der Waals surface area contributed by atoms with E-state index in [0.29, 0.717) is 0 Å².